The standard InChI is InChI=1S/C20H18AsNO3/c22-19-12-15(20(23)24)6-11-18(19)21-16-7-9-17(10-8-16)25-13-14-4-2-1-3-5-14/h1-12,21H,13,22H2,(H,23,24). The Morgan fingerprint density at radius 2 is 1.72 bits per heavy atom. The van der Waals surface area contributed by atoms with E-state index in [1.165, 1.54) is 10.4 Å². The molecule has 0 radical (unpaired) electrons. The fourth-order valence-corrected chi connectivity index (χ4v) is 4.50. The molecule has 0 aromatic heterocycles. The Labute approximate surface area is 152 Å². The number of hydrogen-bond donors (Lipinski definition) is 2. The van der Waals surface area contributed by atoms with Crippen LogP contribution in [0.5, 0.6) is 5.75 Å². The van der Waals surface area contributed by atoms with Gasteiger partial charge in [0.2, 0.25) is 0 Å². The number of carboxylic acids is 1. The molecular formula is C20H18AsNO3. The second-order valence-corrected chi connectivity index (χ2v) is 8.40. The molecule has 0 bridgehead atoms. The third kappa shape index (κ3) is 4.65. The van der Waals surface area contributed by atoms with Gasteiger partial charge in [-0.1, -0.05) is 0 Å². The molecule has 1 unspecified atom stereocenters. The Kier molecular flexibility index (Phi) is 5.42. The van der Waals surface area contributed by atoms with Crippen molar-refractivity contribution >= 4 is 36.1 Å². The first-order valence-corrected chi connectivity index (χ1v) is 9.88. The van der Waals surface area contributed by atoms with Crippen molar-refractivity contribution in [2.45, 2.75) is 6.61 Å². The summed E-state index contributed by atoms with van der Waals surface area (Å²) in [5.41, 5.74) is 7.89. The number of ether oxygens (including phenoxy) is 1. The first-order chi connectivity index (χ1) is 12.1. The fraction of sp³-hybridized carbons (Fsp3) is 0.0500. The summed E-state index contributed by atoms with van der Waals surface area (Å²) in [6.45, 7) is 0.542. The van der Waals surface area contributed by atoms with Crippen LogP contribution in [0.25, 0.3) is 0 Å². The fourth-order valence-electron chi connectivity index (χ4n) is 2.34. The average Bonchev–Trinajstić information content (AvgIpc) is 2.63. The summed E-state index contributed by atoms with van der Waals surface area (Å²) in [6.07, 6.45) is 0. The predicted octanol–water partition coefficient (Wildman–Crippen LogP) is 1.93. The SMILES string of the molecule is Nc1cc(C(=O)O)ccc1[AsH]c1ccc(OCc2ccccc2)cc1. The molecule has 0 aliphatic heterocycles. The van der Waals surface area contributed by atoms with Crippen molar-refractivity contribution in [3.8, 4) is 5.75 Å². The van der Waals surface area contributed by atoms with Gasteiger partial charge in [0.1, 0.15) is 0 Å². The van der Waals surface area contributed by atoms with Gasteiger partial charge >= 0.3 is 153 Å². The number of nitrogen functional groups attached to an aromatic ring is 1. The van der Waals surface area contributed by atoms with Crippen molar-refractivity contribution in [3.63, 3.8) is 0 Å². The third-order valence-corrected chi connectivity index (χ3v) is 6.51. The van der Waals surface area contributed by atoms with Gasteiger partial charge in [-0.05, 0) is 0 Å². The normalized spacial score (nSPS) is 10.9. The summed E-state index contributed by atoms with van der Waals surface area (Å²) >= 11 is -0.618. The topological polar surface area (TPSA) is 72.6 Å². The van der Waals surface area contributed by atoms with Crippen molar-refractivity contribution in [1.29, 1.82) is 0 Å². The van der Waals surface area contributed by atoms with Gasteiger partial charge in [-0.15, -0.1) is 0 Å². The molecule has 1 atom stereocenters. The number of benzene rings is 3. The zero-order valence-electron chi connectivity index (χ0n) is 13.5. The van der Waals surface area contributed by atoms with E-state index in [0.29, 0.717) is 12.3 Å². The molecule has 0 aliphatic rings. The third-order valence-electron chi connectivity index (χ3n) is 3.68. The zero-order chi connectivity index (χ0) is 17.6. The van der Waals surface area contributed by atoms with Crippen molar-refractivity contribution < 1.29 is 14.6 Å². The summed E-state index contributed by atoms with van der Waals surface area (Å²) in [7, 11) is 0. The molecule has 5 heteroatoms. The van der Waals surface area contributed by atoms with E-state index in [0.717, 1.165) is 15.7 Å². The van der Waals surface area contributed by atoms with Gasteiger partial charge in [0.15, 0.2) is 0 Å². The maximum atomic E-state index is 11.0. The van der Waals surface area contributed by atoms with Crippen molar-refractivity contribution in [3.05, 3.63) is 83.9 Å². The van der Waals surface area contributed by atoms with Gasteiger partial charge < -0.3 is 0 Å². The number of aromatic carboxylic acids is 1. The van der Waals surface area contributed by atoms with E-state index in [1.807, 2.05) is 60.7 Å². The quantitative estimate of drug-likeness (QED) is 0.494. The molecule has 0 spiro atoms. The molecule has 0 saturated carbocycles. The molecule has 0 amide bonds. The Morgan fingerprint density at radius 3 is 2.36 bits per heavy atom. The van der Waals surface area contributed by atoms with Gasteiger partial charge in [-0.3, -0.25) is 0 Å². The Bertz CT molecular complexity index is 864. The van der Waals surface area contributed by atoms with E-state index in [2.05, 4.69) is 0 Å². The molecule has 0 heterocycles. The van der Waals surface area contributed by atoms with Crippen LogP contribution in [0.3, 0.4) is 0 Å². The van der Waals surface area contributed by atoms with Crippen molar-refractivity contribution in [2.75, 3.05) is 5.73 Å². The number of rotatable bonds is 6. The van der Waals surface area contributed by atoms with E-state index in [1.54, 1.807) is 6.07 Å². The molecule has 0 saturated heterocycles. The minimum atomic E-state index is -0.960. The predicted molar refractivity (Wildman–Crippen MR) is 101 cm³/mol. The van der Waals surface area contributed by atoms with Crippen LogP contribution in [-0.4, -0.2) is 26.8 Å². The van der Waals surface area contributed by atoms with E-state index in [9.17, 15) is 4.79 Å². The second-order valence-electron chi connectivity index (χ2n) is 5.53. The number of carboxylic acid groups (broad SMARTS) is 1. The van der Waals surface area contributed by atoms with Crippen LogP contribution in [0.15, 0.2) is 72.8 Å². The number of hydrogen-bond acceptors (Lipinski definition) is 3. The molecule has 25 heavy (non-hydrogen) atoms. The van der Waals surface area contributed by atoms with Crippen molar-refractivity contribution in [2.24, 2.45) is 0 Å². The Morgan fingerprint density at radius 1 is 1.00 bits per heavy atom. The van der Waals surface area contributed by atoms with Gasteiger partial charge in [0, 0.05) is 0 Å². The molecule has 0 aliphatic carbocycles. The van der Waals surface area contributed by atoms with Crippen LogP contribution in [0.2, 0.25) is 0 Å². The number of carbonyl (C=O) groups is 1. The van der Waals surface area contributed by atoms with E-state index < -0.39 is 21.7 Å². The van der Waals surface area contributed by atoms with Gasteiger partial charge in [0.25, 0.3) is 0 Å². The second kappa shape index (κ2) is 7.91. The number of nitrogens with two attached hydrogens (primary N) is 1. The van der Waals surface area contributed by atoms with Gasteiger partial charge in [0.05, 0.1) is 0 Å². The minimum absolute atomic E-state index is 0.220. The number of anilines is 1. The van der Waals surface area contributed by atoms with Crippen molar-refractivity contribution in [1.82, 2.24) is 0 Å². The van der Waals surface area contributed by atoms with E-state index in [-0.39, 0.29) is 5.56 Å². The Hall–Kier alpha value is -2.71. The van der Waals surface area contributed by atoms with Crippen LogP contribution >= 0.6 is 0 Å². The first-order valence-electron chi connectivity index (χ1n) is 7.78. The van der Waals surface area contributed by atoms with E-state index in [4.69, 9.17) is 15.6 Å². The molecule has 3 rings (SSSR count). The summed E-state index contributed by atoms with van der Waals surface area (Å²) < 4.78 is 8.03. The van der Waals surface area contributed by atoms with Crippen LogP contribution in [-0.2, 0) is 6.61 Å². The average molecular weight is 395 g/mol. The summed E-state index contributed by atoms with van der Waals surface area (Å²) in [5, 5.41) is 8.99. The van der Waals surface area contributed by atoms with Crippen LogP contribution < -0.4 is 19.2 Å². The molecule has 0 fully saturated rings. The Balaban J connectivity index is 1.63. The molecule has 4 nitrogen and oxygen atoms in total. The molecule has 126 valence electrons. The summed E-state index contributed by atoms with van der Waals surface area (Å²) in [4.78, 5) is 11.0. The van der Waals surface area contributed by atoms with E-state index >= 15 is 0 Å². The van der Waals surface area contributed by atoms with Gasteiger partial charge in [-0.25, -0.2) is 0 Å². The zero-order valence-corrected chi connectivity index (χ0v) is 15.6. The van der Waals surface area contributed by atoms with Crippen LogP contribution in [0.4, 0.5) is 5.69 Å². The molecule has 3 N–H and O–H groups in total. The van der Waals surface area contributed by atoms with Crippen LogP contribution in [0.1, 0.15) is 15.9 Å². The molecule has 3 aromatic carbocycles. The molecular weight excluding hydrogens is 377 g/mol. The monoisotopic (exact) mass is 395 g/mol. The van der Waals surface area contributed by atoms with Crippen LogP contribution in [0, 0.1) is 0 Å². The summed E-state index contributed by atoms with van der Waals surface area (Å²) in [5.74, 6) is -0.133. The summed E-state index contributed by atoms with van der Waals surface area (Å²) in [6, 6.07) is 23.0. The van der Waals surface area contributed by atoms with Gasteiger partial charge in [-0.2, -0.15) is 0 Å². The maximum absolute atomic E-state index is 11.0. The first kappa shape index (κ1) is 17.1. The molecule has 3 aromatic rings.